The van der Waals surface area contributed by atoms with Crippen molar-refractivity contribution in [3.8, 4) is 0 Å². The zero-order valence-corrected chi connectivity index (χ0v) is 32.8. The number of likely N-dealkylation sites (tertiary alicyclic amines) is 1. The number of aliphatic hydroxyl groups is 1. The molecule has 1 unspecified atom stereocenters. The van der Waals surface area contributed by atoms with Crippen LogP contribution in [-0.2, 0) is 32.2 Å². The fraction of sp³-hybridized carbons (Fsp3) is 0.250. The third-order valence-corrected chi connectivity index (χ3v) is 14.3. The lowest BCUT2D eigenvalue weighted by Crippen LogP contribution is -2.71. The summed E-state index contributed by atoms with van der Waals surface area (Å²) in [6.45, 7) is 3.65. The van der Waals surface area contributed by atoms with E-state index in [1.807, 2.05) is 95.9 Å². The van der Waals surface area contributed by atoms with E-state index in [1.165, 1.54) is 20.1 Å². The topological polar surface area (TPSA) is 158 Å². The summed E-state index contributed by atoms with van der Waals surface area (Å²) in [5, 5.41) is 16.5. The van der Waals surface area contributed by atoms with E-state index in [0.29, 0.717) is 16.5 Å². The average Bonchev–Trinajstić information content (AvgIpc) is 3.56. The van der Waals surface area contributed by atoms with Crippen molar-refractivity contribution in [3.05, 3.63) is 161 Å². The normalized spacial score (nSPS) is 17.2. The number of carbonyl (C=O) groups excluding carboxylic acids is 3. The quantitative estimate of drug-likeness (QED) is 0.0597. The molecule has 6 rings (SSSR count). The number of aryl methyl sites for hydroxylation is 1. The third-order valence-electron chi connectivity index (χ3n) is 9.99. The van der Waals surface area contributed by atoms with Gasteiger partial charge in [-0.25, -0.2) is 19.3 Å². The van der Waals surface area contributed by atoms with Crippen LogP contribution < -0.4 is 27.1 Å². The van der Waals surface area contributed by atoms with E-state index in [2.05, 4.69) is 11.9 Å². The lowest BCUT2D eigenvalue weighted by molar-refractivity contribution is -0.185. The molecule has 0 saturated carbocycles. The van der Waals surface area contributed by atoms with Gasteiger partial charge in [0.1, 0.15) is 18.3 Å². The number of aliphatic hydroxyl groups excluding tert-OH is 1. The van der Waals surface area contributed by atoms with E-state index in [9.17, 15) is 24.3 Å². The van der Waals surface area contributed by atoms with Gasteiger partial charge in [-0.05, 0) is 35.3 Å². The number of benzene rings is 4. The number of hydrogen-bond acceptors (Lipinski definition) is 10. The summed E-state index contributed by atoms with van der Waals surface area (Å²) in [4.78, 5) is 54.5. The van der Waals surface area contributed by atoms with Crippen LogP contribution in [0.2, 0.25) is 0 Å². The van der Waals surface area contributed by atoms with Crippen LogP contribution in [0.1, 0.15) is 40.8 Å². The third kappa shape index (κ3) is 8.65. The summed E-state index contributed by atoms with van der Waals surface area (Å²) >= 11 is 0. The van der Waals surface area contributed by atoms with Crippen LogP contribution in [-0.4, -0.2) is 65.4 Å². The molecule has 4 aromatic carbocycles. The Balaban J connectivity index is 1.38. The number of alkyl carbamates (subject to hydrolysis) is 1. The van der Waals surface area contributed by atoms with Crippen LogP contribution in [0.4, 0.5) is 4.79 Å². The SMILES string of the molecule is C=CCOC(=O)C(N1C(OC)[C@H]([C@@H](C)O)[C@H]1CC(=O)c1ccc(CNC(=O)OCc2oc(=O)oc2C)cc1)=P(c1ccccc1)(c1ccccc1)c1ccccc1. The Labute approximate surface area is 330 Å². The summed E-state index contributed by atoms with van der Waals surface area (Å²) in [5.41, 5.74) is 1.45. The predicted octanol–water partition coefficient (Wildman–Crippen LogP) is 5.05. The highest BCUT2D eigenvalue weighted by molar-refractivity contribution is 7.96. The van der Waals surface area contributed by atoms with Gasteiger partial charge in [-0.1, -0.05) is 128 Å². The monoisotopic (exact) mass is 792 g/mol. The van der Waals surface area contributed by atoms with Crippen LogP contribution in [0.15, 0.2) is 142 Å². The Morgan fingerprint density at radius 3 is 1.91 bits per heavy atom. The second-order valence-corrected chi connectivity index (χ2v) is 16.8. The molecule has 5 aromatic rings. The minimum Gasteiger partial charge on any atom is -0.457 e. The molecule has 1 aliphatic heterocycles. The molecule has 2 N–H and O–H groups in total. The number of ether oxygens (including phenoxy) is 3. The number of hydrogen-bond donors (Lipinski definition) is 2. The second-order valence-electron chi connectivity index (χ2n) is 13.5. The number of ketones is 1. The molecule has 1 aliphatic rings. The van der Waals surface area contributed by atoms with Gasteiger partial charge in [0.2, 0.25) is 0 Å². The van der Waals surface area contributed by atoms with E-state index in [1.54, 1.807) is 31.2 Å². The minimum absolute atomic E-state index is 0.0450. The van der Waals surface area contributed by atoms with Gasteiger partial charge in [0.25, 0.3) is 0 Å². The molecule has 0 spiro atoms. The van der Waals surface area contributed by atoms with Crippen LogP contribution in [0.3, 0.4) is 0 Å². The first-order valence-electron chi connectivity index (χ1n) is 18.4. The zero-order chi connectivity index (χ0) is 40.5. The Hall–Kier alpha value is -5.78. The van der Waals surface area contributed by atoms with Gasteiger partial charge in [0.15, 0.2) is 23.9 Å². The molecule has 1 fully saturated rings. The molecule has 1 saturated heterocycles. The van der Waals surface area contributed by atoms with Crippen LogP contribution in [0.5, 0.6) is 0 Å². The maximum Gasteiger partial charge on any atom is 0.519 e. The van der Waals surface area contributed by atoms with Gasteiger partial charge in [-0.3, -0.25) is 4.79 Å². The van der Waals surface area contributed by atoms with E-state index in [-0.39, 0.29) is 43.5 Å². The first kappa shape index (κ1) is 40.9. The van der Waals surface area contributed by atoms with Crippen molar-refractivity contribution in [1.29, 1.82) is 0 Å². The molecule has 1 aromatic heterocycles. The van der Waals surface area contributed by atoms with Crippen LogP contribution in [0.25, 0.3) is 0 Å². The Morgan fingerprint density at radius 1 is 0.877 bits per heavy atom. The first-order chi connectivity index (χ1) is 27.6. The van der Waals surface area contributed by atoms with E-state index in [0.717, 1.165) is 15.9 Å². The molecule has 296 valence electrons. The van der Waals surface area contributed by atoms with Crippen molar-refractivity contribution in [2.75, 3.05) is 13.7 Å². The minimum atomic E-state index is -3.10. The highest BCUT2D eigenvalue weighted by atomic mass is 31.2. The summed E-state index contributed by atoms with van der Waals surface area (Å²) < 4.78 is 26.8. The largest absolute Gasteiger partial charge is 0.519 e. The number of esters is 1. The van der Waals surface area contributed by atoms with Gasteiger partial charge in [0.05, 0.1) is 6.10 Å². The van der Waals surface area contributed by atoms with Crippen molar-refractivity contribution in [3.63, 3.8) is 0 Å². The number of carbonyl (C=O) groups is 3. The number of rotatable bonds is 16. The zero-order valence-electron chi connectivity index (χ0n) is 31.9. The summed E-state index contributed by atoms with van der Waals surface area (Å²) in [7, 11) is 1.53. The smallest absolute Gasteiger partial charge is 0.457 e. The molecule has 0 bridgehead atoms. The molecule has 13 heteroatoms. The van der Waals surface area contributed by atoms with Crippen molar-refractivity contribution in [1.82, 2.24) is 10.2 Å². The molecule has 0 radical (unpaired) electrons. The van der Waals surface area contributed by atoms with E-state index < -0.39 is 49.1 Å². The maximum atomic E-state index is 14.8. The standard InChI is InChI=1S/C44H45N2O10P/c1-5-25-53-42(49)41(57(33-15-9-6-10-16-33,34-17-11-7-12-18-34)35-19-13-8-14-20-35)46-36(39(29(2)47)40(46)52-4)26-37(48)32-23-21-31(22-24-32)27-45-43(50)54-28-38-30(3)55-44(51)56-38/h5-24,29,36,39-40,47H,1,25-28H2,2-4H3,(H,45,50)/t29-,36-,39-,40?/m1/s1. The molecular formula is C44H45N2O10P. The summed E-state index contributed by atoms with van der Waals surface area (Å²) in [6, 6.07) is 35.6. The number of methoxy groups -OCH3 is 1. The molecule has 57 heavy (non-hydrogen) atoms. The Kier molecular flexibility index (Phi) is 13.2. The van der Waals surface area contributed by atoms with Gasteiger partial charge in [-0.2, -0.15) is 0 Å². The highest BCUT2D eigenvalue weighted by Gasteiger charge is 2.56. The van der Waals surface area contributed by atoms with Crippen LogP contribution >= 0.6 is 6.89 Å². The second kappa shape index (κ2) is 18.4. The lowest BCUT2D eigenvalue weighted by atomic mass is 9.78. The molecular weight excluding hydrogens is 747 g/mol. The number of nitrogens with one attached hydrogen (secondary N) is 1. The maximum absolute atomic E-state index is 14.8. The van der Waals surface area contributed by atoms with Gasteiger partial charge >= 0.3 is 17.9 Å². The first-order valence-corrected chi connectivity index (χ1v) is 20.2. The summed E-state index contributed by atoms with van der Waals surface area (Å²) in [5.74, 6) is -1.88. The van der Waals surface area contributed by atoms with Crippen LogP contribution in [0, 0.1) is 12.8 Å². The van der Waals surface area contributed by atoms with Crippen molar-refractivity contribution in [2.24, 2.45) is 5.92 Å². The molecule has 4 atom stereocenters. The number of Topliss-reactive ketones (excluding diaryl/α,β-unsaturated/α-hetero) is 1. The van der Waals surface area contributed by atoms with Crippen molar-refractivity contribution in [2.45, 2.75) is 51.8 Å². The fourth-order valence-electron chi connectivity index (χ4n) is 7.35. The fourth-order valence-corrected chi connectivity index (χ4v) is 11.8. The number of amides is 1. The lowest BCUT2D eigenvalue weighted by Gasteiger charge is -2.56. The van der Waals surface area contributed by atoms with E-state index >= 15 is 0 Å². The van der Waals surface area contributed by atoms with E-state index in [4.69, 9.17) is 23.0 Å². The van der Waals surface area contributed by atoms with Gasteiger partial charge in [0, 0.05) is 44.5 Å². The predicted molar refractivity (Wildman–Crippen MR) is 217 cm³/mol. The molecule has 0 aliphatic carbocycles. The summed E-state index contributed by atoms with van der Waals surface area (Å²) in [6.07, 6.45) is -0.948. The molecule has 12 nitrogen and oxygen atoms in total. The van der Waals surface area contributed by atoms with Gasteiger partial charge in [-0.15, -0.1) is 0 Å². The van der Waals surface area contributed by atoms with Crippen molar-refractivity contribution >= 4 is 46.1 Å². The molecule has 2 heterocycles. The molecule has 1 amide bonds. The average molecular weight is 793 g/mol. The Bertz CT molecular complexity index is 2180. The van der Waals surface area contributed by atoms with Gasteiger partial charge < -0.3 is 33.5 Å². The Morgan fingerprint density at radius 2 is 1.44 bits per heavy atom. The van der Waals surface area contributed by atoms with Crippen molar-refractivity contribution < 1.29 is 42.5 Å². The number of nitrogens with zero attached hydrogens (tertiary/aromatic N) is 1. The highest BCUT2D eigenvalue weighted by Crippen LogP contribution is 2.51.